The number of hydrazine groups is 1. The number of hydrogen-bond acceptors (Lipinski definition) is 7. The molecule has 0 rings (SSSR count). The van der Waals surface area contributed by atoms with E-state index in [9.17, 15) is 9.59 Å². The van der Waals surface area contributed by atoms with Gasteiger partial charge in [-0.15, -0.1) is 11.8 Å². The first kappa shape index (κ1) is 15.2. The number of carbonyl (C=O) groups is 2. The summed E-state index contributed by atoms with van der Waals surface area (Å²) in [6.45, 7) is 5.42. The van der Waals surface area contributed by atoms with E-state index in [-0.39, 0.29) is 18.1 Å². The van der Waals surface area contributed by atoms with Crippen LogP contribution < -0.4 is 11.4 Å². The van der Waals surface area contributed by atoms with Gasteiger partial charge in [0.1, 0.15) is 5.60 Å². The molecule has 0 heterocycles. The number of nitrogens with two attached hydrogens (primary N) is 1. The van der Waals surface area contributed by atoms with Crippen molar-refractivity contribution < 1.29 is 19.2 Å². The number of carbonyl (C=O) groups excluding carboxylic acids is 2. The van der Waals surface area contributed by atoms with Crippen molar-refractivity contribution in [2.75, 3.05) is 11.5 Å². The summed E-state index contributed by atoms with van der Waals surface area (Å²) in [6.07, 6.45) is 0.192. The van der Waals surface area contributed by atoms with Crippen LogP contribution in [0.4, 0.5) is 0 Å². The van der Waals surface area contributed by atoms with Gasteiger partial charge in [-0.05, 0) is 20.8 Å². The zero-order valence-corrected chi connectivity index (χ0v) is 10.6. The first-order valence-corrected chi connectivity index (χ1v) is 5.95. The summed E-state index contributed by atoms with van der Waals surface area (Å²) >= 11 is 1.31. The average molecular weight is 250 g/mol. The minimum Gasteiger partial charge on any atom is -0.459 e. The normalized spacial score (nSPS) is 11.0. The van der Waals surface area contributed by atoms with Crippen molar-refractivity contribution in [1.82, 2.24) is 5.59 Å². The first-order chi connectivity index (χ1) is 7.35. The fourth-order valence-corrected chi connectivity index (χ4v) is 1.48. The van der Waals surface area contributed by atoms with E-state index in [4.69, 9.17) is 10.6 Å². The molecule has 0 amide bonds. The third-order valence-electron chi connectivity index (χ3n) is 1.26. The van der Waals surface area contributed by atoms with E-state index in [0.717, 1.165) is 0 Å². The van der Waals surface area contributed by atoms with Crippen molar-refractivity contribution in [2.45, 2.75) is 32.8 Å². The number of nitrogens with one attached hydrogen (secondary N) is 1. The summed E-state index contributed by atoms with van der Waals surface area (Å²) in [4.78, 5) is 26.3. The van der Waals surface area contributed by atoms with Gasteiger partial charge in [0, 0.05) is 5.75 Å². The van der Waals surface area contributed by atoms with Gasteiger partial charge in [0.15, 0.2) is 0 Å². The molecule has 94 valence electrons. The highest BCUT2D eigenvalue weighted by atomic mass is 32.2. The lowest BCUT2D eigenvalue weighted by molar-refractivity contribution is -0.152. The molecule has 0 aromatic heterocycles. The standard InChI is InChI=1S/C9H18N2O4S/c1-9(2,3)14-8(13)6-16-5-4-7(12)15-11-10/h11H,4-6,10H2,1-3H3. The molecule has 16 heavy (non-hydrogen) atoms. The second kappa shape index (κ2) is 7.48. The van der Waals surface area contributed by atoms with Gasteiger partial charge >= 0.3 is 11.9 Å². The zero-order chi connectivity index (χ0) is 12.6. The Hall–Kier alpha value is -0.790. The Morgan fingerprint density at radius 2 is 1.94 bits per heavy atom. The summed E-state index contributed by atoms with van der Waals surface area (Å²) < 4.78 is 5.08. The van der Waals surface area contributed by atoms with E-state index in [1.165, 1.54) is 11.8 Å². The Balaban J connectivity index is 3.52. The van der Waals surface area contributed by atoms with Crippen molar-refractivity contribution >= 4 is 23.7 Å². The Bertz CT molecular complexity index is 240. The monoisotopic (exact) mass is 250 g/mol. The van der Waals surface area contributed by atoms with Crippen LogP contribution in [0.25, 0.3) is 0 Å². The maximum absolute atomic E-state index is 11.2. The summed E-state index contributed by atoms with van der Waals surface area (Å²) in [5, 5.41) is 0. The highest BCUT2D eigenvalue weighted by Gasteiger charge is 2.16. The van der Waals surface area contributed by atoms with Gasteiger partial charge in [-0.2, -0.15) is 0 Å². The minimum absolute atomic E-state index is 0.192. The van der Waals surface area contributed by atoms with Crippen molar-refractivity contribution in [2.24, 2.45) is 5.84 Å². The summed E-state index contributed by atoms with van der Waals surface area (Å²) in [5.74, 6) is 4.74. The Morgan fingerprint density at radius 1 is 1.31 bits per heavy atom. The van der Waals surface area contributed by atoms with E-state index in [2.05, 4.69) is 4.84 Å². The molecule has 0 saturated carbocycles. The van der Waals surface area contributed by atoms with Gasteiger partial charge in [0.05, 0.1) is 12.2 Å². The molecule has 3 N–H and O–H groups in total. The Kier molecular flexibility index (Phi) is 7.11. The van der Waals surface area contributed by atoms with E-state index < -0.39 is 11.6 Å². The fourth-order valence-electron chi connectivity index (χ4n) is 0.799. The van der Waals surface area contributed by atoms with Gasteiger partial charge in [-0.1, -0.05) is 5.59 Å². The van der Waals surface area contributed by atoms with Crippen LogP contribution in [0.3, 0.4) is 0 Å². The summed E-state index contributed by atoms with van der Waals surface area (Å²) in [5.41, 5.74) is 1.33. The van der Waals surface area contributed by atoms with Gasteiger partial charge in [-0.25, -0.2) is 5.84 Å². The van der Waals surface area contributed by atoms with Crippen molar-refractivity contribution in [3.05, 3.63) is 0 Å². The Labute approximate surface area is 99.1 Å². The summed E-state index contributed by atoms with van der Waals surface area (Å²) in [7, 11) is 0. The smallest absolute Gasteiger partial charge is 0.327 e. The van der Waals surface area contributed by atoms with Crippen LogP contribution in [0, 0.1) is 0 Å². The SMILES string of the molecule is CC(C)(C)OC(=O)CSCCC(=O)ONN. The molecule has 0 aliphatic rings. The molecule has 7 heteroatoms. The zero-order valence-electron chi connectivity index (χ0n) is 9.74. The lowest BCUT2D eigenvalue weighted by Crippen LogP contribution is -2.26. The largest absolute Gasteiger partial charge is 0.459 e. The second-order valence-corrected chi connectivity index (χ2v) is 5.09. The molecule has 0 radical (unpaired) electrons. The molecule has 0 unspecified atom stereocenters. The predicted molar refractivity (Wildman–Crippen MR) is 61.2 cm³/mol. The van der Waals surface area contributed by atoms with Crippen molar-refractivity contribution in [3.63, 3.8) is 0 Å². The number of ether oxygens (including phenoxy) is 1. The van der Waals surface area contributed by atoms with E-state index in [0.29, 0.717) is 5.75 Å². The molecule has 0 aromatic carbocycles. The minimum atomic E-state index is -0.472. The molecule has 0 aliphatic heterocycles. The van der Waals surface area contributed by atoms with Gasteiger partial charge in [-0.3, -0.25) is 9.59 Å². The molecule has 0 fully saturated rings. The average Bonchev–Trinajstić information content (AvgIpc) is 2.10. The maximum Gasteiger partial charge on any atom is 0.327 e. The van der Waals surface area contributed by atoms with Crippen molar-refractivity contribution in [1.29, 1.82) is 0 Å². The molecular weight excluding hydrogens is 232 g/mol. The second-order valence-electron chi connectivity index (χ2n) is 3.98. The highest BCUT2D eigenvalue weighted by Crippen LogP contribution is 2.10. The lowest BCUT2D eigenvalue weighted by Gasteiger charge is -2.19. The number of hydrogen-bond donors (Lipinski definition) is 2. The molecule has 0 aromatic rings. The van der Waals surface area contributed by atoms with Crippen LogP contribution in [0.5, 0.6) is 0 Å². The van der Waals surface area contributed by atoms with E-state index >= 15 is 0 Å². The molecule has 6 nitrogen and oxygen atoms in total. The number of rotatable bonds is 6. The lowest BCUT2D eigenvalue weighted by atomic mass is 10.2. The predicted octanol–water partition coefficient (Wildman–Crippen LogP) is 0.373. The Morgan fingerprint density at radius 3 is 2.44 bits per heavy atom. The fraction of sp³-hybridized carbons (Fsp3) is 0.778. The molecule has 0 atom stereocenters. The van der Waals surface area contributed by atoms with Crippen LogP contribution in [-0.2, 0) is 19.2 Å². The third-order valence-corrected chi connectivity index (χ3v) is 2.20. The van der Waals surface area contributed by atoms with Gasteiger partial charge < -0.3 is 9.57 Å². The van der Waals surface area contributed by atoms with E-state index in [1.807, 2.05) is 0 Å². The van der Waals surface area contributed by atoms with E-state index in [1.54, 1.807) is 26.4 Å². The maximum atomic E-state index is 11.2. The van der Waals surface area contributed by atoms with Crippen LogP contribution in [0.1, 0.15) is 27.2 Å². The molecule has 0 aliphatic carbocycles. The highest BCUT2D eigenvalue weighted by molar-refractivity contribution is 7.99. The number of esters is 1. The van der Waals surface area contributed by atoms with Gasteiger partial charge in [0.25, 0.3) is 0 Å². The summed E-state index contributed by atoms with van der Waals surface area (Å²) in [6, 6.07) is 0. The van der Waals surface area contributed by atoms with Gasteiger partial charge in [0.2, 0.25) is 0 Å². The molecular formula is C9H18N2O4S. The van der Waals surface area contributed by atoms with Crippen LogP contribution >= 0.6 is 11.8 Å². The molecule has 0 spiro atoms. The van der Waals surface area contributed by atoms with Crippen LogP contribution in [0.15, 0.2) is 0 Å². The van der Waals surface area contributed by atoms with Crippen LogP contribution in [0.2, 0.25) is 0 Å². The molecule has 0 bridgehead atoms. The quantitative estimate of drug-likeness (QED) is 0.304. The topological polar surface area (TPSA) is 90.7 Å². The van der Waals surface area contributed by atoms with Crippen molar-refractivity contribution in [3.8, 4) is 0 Å². The molecule has 0 saturated heterocycles. The number of thioether (sulfide) groups is 1. The third kappa shape index (κ3) is 9.75. The van der Waals surface area contributed by atoms with Crippen LogP contribution in [-0.4, -0.2) is 29.0 Å². The first-order valence-electron chi connectivity index (χ1n) is 4.80.